The highest BCUT2D eigenvalue weighted by molar-refractivity contribution is 6.03. The van der Waals surface area contributed by atoms with E-state index in [-0.39, 0.29) is 31.3 Å². The van der Waals surface area contributed by atoms with E-state index < -0.39 is 58.3 Å². The summed E-state index contributed by atoms with van der Waals surface area (Å²) in [6.45, 7) is 4.00. The van der Waals surface area contributed by atoms with E-state index in [4.69, 9.17) is 0 Å². The molecule has 1 aliphatic heterocycles. The predicted molar refractivity (Wildman–Crippen MR) is 146 cm³/mol. The van der Waals surface area contributed by atoms with Crippen LogP contribution in [0.2, 0.25) is 0 Å². The topological polar surface area (TPSA) is 76.9 Å². The standard InChI is InChI=1S/C30H30F7N3O3/c1-16-5-6-20(31)10-23(16)24-12-26(40-14-22(42)11-21(40)15-41)38-13-25(24)39(4)27(43)28(2,3)17-7-18(29(32,33)34)9-19(8-17)30(35,36)37/h5-10,12-13,21-22,41-42H,11,14-15H2,1-4H3/t21-,22-/m0/s1. The first-order valence-electron chi connectivity index (χ1n) is 13.2. The van der Waals surface area contributed by atoms with Gasteiger partial charge in [-0.25, -0.2) is 9.37 Å². The monoisotopic (exact) mass is 613 g/mol. The molecule has 232 valence electrons. The normalized spacial score (nSPS) is 17.8. The van der Waals surface area contributed by atoms with Crippen LogP contribution in [0.3, 0.4) is 0 Å². The van der Waals surface area contributed by atoms with Crippen molar-refractivity contribution in [2.75, 3.05) is 30.0 Å². The van der Waals surface area contributed by atoms with Gasteiger partial charge in [0.15, 0.2) is 0 Å². The average molecular weight is 614 g/mol. The third-order valence-corrected chi connectivity index (χ3v) is 7.77. The minimum absolute atomic E-state index is 0.00379. The van der Waals surface area contributed by atoms with Gasteiger partial charge in [0.1, 0.15) is 11.6 Å². The van der Waals surface area contributed by atoms with Crippen molar-refractivity contribution in [3.63, 3.8) is 0 Å². The summed E-state index contributed by atoms with van der Waals surface area (Å²) in [5, 5.41) is 20.0. The first-order chi connectivity index (χ1) is 19.8. The van der Waals surface area contributed by atoms with Crippen molar-refractivity contribution in [1.82, 2.24) is 4.98 Å². The van der Waals surface area contributed by atoms with Gasteiger partial charge < -0.3 is 20.0 Å². The lowest BCUT2D eigenvalue weighted by Gasteiger charge is -2.32. The zero-order valence-electron chi connectivity index (χ0n) is 23.7. The molecule has 0 unspecified atom stereocenters. The van der Waals surface area contributed by atoms with Gasteiger partial charge in [-0.3, -0.25) is 4.79 Å². The van der Waals surface area contributed by atoms with Crippen molar-refractivity contribution in [2.24, 2.45) is 0 Å². The summed E-state index contributed by atoms with van der Waals surface area (Å²) >= 11 is 0. The van der Waals surface area contributed by atoms with Crippen molar-refractivity contribution in [1.29, 1.82) is 0 Å². The number of rotatable bonds is 6. The van der Waals surface area contributed by atoms with Crippen LogP contribution >= 0.6 is 0 Å². The molecule has 0 saturated carbocycles. The molecule has 0 radical (unpaired) electrons. The number of anilines is 2. The Balaban J connectivity index is 1.84. The Morgan fingerprint density at radius 1 is 0.977 bits per heavy atom. The molecule has 1 aliphatic rings. The maximum atomic E-state index is 14.4. The van der Waals surface area contributed by atoms with Gasteiger partial charge in [0.05, 0.1) is 47.2 Å². The van der Waals surface area contributed by atoms with Crippen LogP contribution in [0.5, 0.6) is 0 Å². The molecule has 1 aromatic heterocycles. The van der Waals surface area contributed by atoms with Gasteiger partial charge in [0.2, 0.25) is 5.91 Å². The Kier molecular flexibility index (Phi) is 8.55. The second kappa shape index (κ2) is 11.4. The molecule has 2 heterocycles. The van der Waals surface area contributed by atoms with Crippen molar-refractivity contribution in [3.8, 4) is 11.1 Å². The second-order valence-electron chi connectivity index (χ2n) is 11.2. The summed E-state index contributed by atoms with van der Waals surface area (Å²) in [6.07, 6.45) is -9.37. The fourth-order valence-electron chi connectivity index (χ4n) is 5.28. The SMILES string of the molecule is Cc1ccc(F)cc1-c1cc(N2C[C@@H](O)C[C@H]2CO)ncc1N(C)C(=O)C(C)(C)c1cc(C(F)(F)F)cc(C(F)(F)F)c1. The number of aryl methyl sites for hydroxylation is 1. The first kappa shape index (κ1) is 32.2. The second-order valence-corrected chi connectivity index (χ2v) is 11.2. The van der Waals surface area contributed by atoms with Gasteiger partial charge in [0.25, 0.3) is 0 Å². The van der Waals surface area contributed by atoms with Crippen molar-refractivity contribution < 1.29 is 45.7 Å². The Morgan fingerprint density at radius 3 is 2.12 bits per heavy atom. The molecule has 1 saturated heterocycles. The molecule has 0 bridgehead atoms. The summed E-state index contributed by atoms with van der Waals surface area (Å²) in [5.41, 5.74) is -4.11. The van der Waals surface area contributed by atoms with Gasteiger partial charge in [-0.2, -0.15) is 26.3 Å². The lowest BCUT2D eigenvalue weighted by atomic mass is 9.81. The first-order valence-corrected chi connectivity index (χ1v) is 13.2. The maximum Gasteiger partial charge on any atom is 0.416 e. The Bertz CT molecular complexity index is 1490. The van der Waals surface area contributed by atoms with Crippen LogP contribution in [-0.4, -0.2) is 53.4 Å². The Morgan fingerprint density at radius 2 is 1.56 bits per heavy atom. The van der Waals surface area contributed by atoms with E-state index in [0.717, 1.165) is 4.90 Å². The minimum Gasteiger partial charge on any atom is -0.394 e. The van der Waals surface area contributed by atoms with E-state index >= 15 is 0 Å². The van der Waals surface area contributed by atoms with E-state index in [2.05, 4.69) is 4.98 Å². The fourth-order valence-corrected chi connectivity index (χ4v) is 5.28. The molecule has 13 heteroatoms. The summed E-state index contributed by atoms with van der Waals surface area (Å²) in [7, 11) is 1.30. The van der Waals surface area contributed by atoms with E-state index in [1.807, 2.05) is 0 Å². The average Bonchev–Trinajstić information content (AvgIpc) is 3.32. The number of benzene rings is 2. The molecule has 0 aliphatic carbocycles. The van der Waals surface area contributed by atoms with E-state index in [9.17, 15) is 45.7 Å². The van der Waals surface area contributed by atoms with Crippen molar-refractivity contribution in [2.45, 2.75) is 57.1 Å². The summed E-state index contributed by atoms with van der Waals surface area (Å²) in [6, 6.07) is 6.10. The molecule has 43 heavy (non-hydrogen) atoms. The number of likely N-dealkylation sites (N-methyl/N-ethyl adjacent to an activating group) is 1. The zero-order chi connectivity index (χ0) is 32.1. The van der Waals surface area contributed by atoms with Gasteiger partial charge in [-0.15, -0.1) is 0 Å². The quantitative estimate of drug-likeness (QED) is 0.329. The highest BCUT2D eigenvalue weighted by Crippen LogP contribution is 2.41. The molecule has 1 fully saturated rings. The van der Waals surface area contributed by atoms with Crippen LogP contribution in [0.4, 0.5) is 42.2 Å². The number of pyridine rings is 1. The number of hydrogen-bond donors (Lipinski definition) is 2. The van der Waals surface area contributed by atoms with Crippen LogP contribution in [0.25, 0.3) is 11.1 Å². The zero-order valence-corrected chi connectivity index (χ0v) is 23.7. The number of aliphatic hydroxyl groups excluding tert-OH is 2. The number of aliphatic hydroxyl groups is 2. The van der Waals surface area contributed by atoms with Crippen molar-refractivity contribution in [3.05, 3.63) is 76.7 Å². The molecule has 4 rings (SSSR count). The lowest BCUT2D eigenvalue weighted by molar-refractivity contribution is -0.143. The van der Waals surface area contributed by atoms with Crippen LogP contribution in [0.1, 0.15) is 42.5 Å². The number of alkyl halides is 6. The number of β-amino-alcohol motifs (C(OH)–C–C–N with tert-alkyl or cyclic N) is 1. The third kappa shape index (κ3) is 6.47. The van der Waals surface area contributed by atoms with E-state index in [0.29, 0.717) is 34.6 Å². The highest BCUT2D eigenvalue weighted by Gasteiger charge is 2.41. The minimum atomic E-state index is -5.10. The molecule has 0 spiro atoms. The van der Waals surface area contributed by atoms with Gasteiger partial charge in [-0.05, 0) is 80.3 Å². The molecule has 6 nitrogen and oxygen atoms in total. The highest BCUT2D eigenvalue weighted by atomic mass is 19.4. The number of carbonyl (C=O) groups excluding carboxylic acids is 1. The number of halogens is 7. The van der Waals surface area contributed by atoms with Crippen LogP contribution in [-0.2, 0) is 22.6 Å². The maximum absolute atomic E-state index is 14.4. The molecular formula is C30H30F7N3O3. The number of carbonyl (C=O) groups is 1. The summed E-state index contributed by atoms with van der Waals surface area (Å²) in [4.78, 5) is 21.0. The number of aromatic nitrogens is 1. The van der Waals surface area contributed by atoms with Crippen LogP contribution in [0.15, 0.2) is 48.7 Å². The molecule has 3 aromatic rings. The largest absolute Gasteiger partial charge is 0.416 e. The van der Waals surface area contributed by atoms with Crippen molar-refractivity contribution >= 4 is 17.4 Å². The number of hydrogen-bond acceptors (Lipinski definition) is 5. The Hall–Kier alpha value is -3.71. The summed E-state index contributed by atoms with van der Waals surface area (Å²) < 4.78 is 95.8. The predicted octanol–water partition coefficient (Wildman–Crippen LogP) is 6.11. The molecule has 2 atom stereocenters. The van der Waals surface area contributed by atoms with E-state index in [1.54, 1.807) is 17.9 Å². The third-order valence-electron chi connectivity index (χ3n) is 7.77. The smallest absolute Gasteiger partial charge is 0.394 e. The summed E-state index contributed by atoms with van der Waals surface area (Å²) in [5.74, 6) is -1.13. The molecular weight excluding hydrogens is 583 g/mol. The van der Waals surface area contributed by atoms with Gasteiger partial charge in [-0.1, -0.05) is 6.07 Å². The van der Waals surface area contributed by atoms with Gasteiger partial charge >= 0.3 is 12.4 Å². The molecule has 1 amide bonds. The van der Waals surface area contributed by atoms with Crippen LogP contribution in [0, 0.1) is 12.7 Å². The van der Waals surface area contributed by atoms with Crippen LogP contribution < -0.4 is 9.80 Å². The Labute approximate surface area is 243 Å². The number of nitrogens with zero attached hydrogens (tertiary/aromatic N) is 3. The molecule has 2 aromatic carbocycles. The van der Waals surface area contributed by atoms with E-state index in [1.165, 1.54) is 45.3 Å². The van der Waals surface area contributed by atoms with Gasteiger partial charge in [0, 0.05) is 19.2 Å². The molecule has 2 N–H and O–H groups in total. The fraction of sp³-hybridized carbons (Fsp3) is 0.400. The lowest BCUT2D eigenvalue weighted by Crippen LogP contribution is -2.42. The number of amides is 1.